The summed E-state index contributed by atoms with van der Waals surface area (Å²) < 4.78 is 1.64. The molecule has 0 fully saturated rings. The molecule has 0 atom stereocenters. The second-order valence-electron chi connectivity index (χ2n) is 5.65. The summed E-state index contributed by atoms with van der Waals surface area (Å²) in [5.41, 5.74) is -0.970. The van der Waals surface area contributed by atoms with Gasteiger partial charge in [-0.3, -0.25) is 4.79 Å². The van der Waals surface area contributed by atoms with Crippen LogP contribution in [0.5, 0.6) is 0 Å². The van der Waals surface area contributed by atoms with Gasteiger partial charge in [0.05, 0.1) is 5.54 Å². The molecule has 0 amide bonds. The number of aromatic nitrogens is 2. The van der Waals surface area contributed by atoms with E-state index in [0.717, 1.165) is 0 Å². The van der Waals surface area contributed by atoms with Crippen LogP contribution in [-0.4, -0.2) is 26.9 Å². The first kappa shape index (κ1) is 16.3. The first-order chi connectivity index (χ1) is 8.79. The predicted octanol–water partition coefficient (Wildman–Crippen LogP) is 3.04. The van der Waals surface area contributed by atoms with Gasteiger partial charge in [0, 0.05) is 29.7 Å². The van der Waals surface area contributed by atoms with E-state index in [1.54, 1.807) is 17.0 Å². The fraction of sp³-hybridized carbons (Fsp3) is 0.692. The molecule has 1 heterocycles. The molecule has 1 rings (SSSR count). The van der Waals surface area contributed by atoms with Gasteiger partial charge in [0.1, 0.15) is 0 Å². The second-order valence-corrected chi connectivity index (χ2v) is 6.18. The zero-order valence-electron chi connectivity index (χ0n) is 11.8. The Kier molecular flexibility index (Phi) is 5.27. The molecule has 0 unspecified atom stereocenters. The van der Waals surface area contributed by atoms with Crippen LogP contribution in [-0.2, 0) is 5.54 Å². The van der Waals surface area contributed by atoms with E-state index in [0.29, 0.717) is 24.0 Å². The summed E-state index contributed by atoms with van der Waals surface area (Å²) in [5, 5.41) is 3.11. The number of rotatable bonds is 5. The number of hydrogen-bond donors (Lipinski definition) is 1. The van der Waals surface area contributed by atoms with Crippen LogP contribution < -0.4 is 10.9 Å². The summed E-state index contributed by atoms with van der Waals surface area (Å²) in [7, 11) is 0. The third kappa shape index (κ3) is 3.63. The van der Waals surface area contributed by atoms with Crippen molar-refractivity contribution >= 4 is 29.0 Å². The van der Waals surface area contributed by atoms with E-state index < -0.39 is 5.54 Å². The molecule has 0 aliphatic heterocycles. The molecule has 0 bridgehead atoms. The minimum atomic E-state index is -0.508. The molecule has 1 aromatic heterocycles. The summed E-state index contributed by atoms with van der Waals surface area (Å²) >= 11 is 11.9. The van der Waals surface area contributed by atoms with Crippen LogP contribution in [0.1, 0.15) is 34.1 Å². The predicted molar refractivity (Wildman–Crippen MR) is 81.6 cm³/mol. The topological polar surface area (TPSA) is 46.9 Å². The Morgan fingerprint density at radius 1 is 1.32 bits per heavy atom. The lowest BCUT2D eigenvalue weighted by molar-refractivity contribution is 0.382. The summed E-state index contributed by atoms with van der Waals surface area (Å²) in [4.78, 5) is 16.5. The van der Waals surface area contributed by atoms with Gasteiger partial charge < -0.3 is 9.88 Å². The number of halogens is 2. The second kappa shape index (κ2) is 6.14. The summed E-state index contributed by atoms with van der Waals surface area (Å²) in [6.07, 6.45) is 4.01. The molecule has 6 heteroatoms. The highest BCUT2D eigenvalue weighted by molar-refractivity contribution is 6.22. The monoisotopic (exact) mass is 305 g/mol. The van der Waals surface area contributed by atoms with Gasteiger partial charge in [0.25, 0.3) is 5.56 Å². The lowest BCUT2D eigenvalue weighted by atomic mass is 10.0. The van der Waals surface area contributed by atoms with Crippen molar-refractivity contribution in [2.45, 2.75) is 45.2 Å². The highest BCUT2D eigenvalue weighted by Crippen LogP contribution is 2.20. The van der Waals surface area contributed by atoms with Crippen LogP contribution in [0.2, 0.25) is 0 Å². The van der Waals surface area contributed by atoms with Crippen LogP contribution >= 0.6 is 23.2 Å². The smallest absolute Gasteiger partial charge is 0.293 e. The van der Waals surface area contributed by atoms with E-state index in [4.69, 9.17) is 23.2 Å². The normalized spacial score (nSPS) is 12.5. The van der Waals surface area contributed by atoms with Crippen molar-refractivity contribution in [2.75, 3.05) is 17.1 Å². The van der Waals surface area contributed by atoms with Crippen molar-refractivity contribution in [1.82, 2.24) is 9.55 Å². The summed E-state index contributed by atoms with van der Waals surface area (Å²) in [5.74, 6) is 0.928. The van der Waals surface area contributed by atoms with Crippen molar-refractivity contribution in [3.63, 3.8) is 0 Å². The van der Waals surface area contributed by atoms with Gasteiger partial charge in [-0.2, -0.15) is 0 Å². The molecule has 0 radical (unpaired) electrons. The lowest BCUT2D eigenvalue weighted by Crippen LogP contribution is -2.45. The maximum absolute atomic E-state index is 12.4. The van der Waals surface area contributed by atoms with Crippen molar-refractivity contribution in [3.05, 3.63) is 22.7 Å². The van der Waals surface area contributed by atoms with Crippen LogP contribution in [0.25, 0.3) is 0 Å². The molecular weight excluding hydrogens is 285 g/mol. The van der Waals surface area contributed by atoms with Crippen LogP contribution in [0.4, 0.5) is 5.82 Å². The van der Waals surface area contributed by atoms with Gasteiger partial charge in [-0.1, -0.05) is 6.92 Å². The van der Waals surface area contributed by atoms with Crippen molar-refractivity contribution in [1.29, 1.82) is 0 Å². The van der Waals surface area contributed by atoms with Gasteiger partial charge in [-0.25, -0.2) is 4.98 Å². The van der Waals surface area contributed by atoms with Crippen molar-refractivity contribution in [2.24, 2.45) is 0 Å². The minimum absolute atomic E-state index is 0.164. The van der Waals surface area contributed by atoms with Crippen LogP contribution in [0.15, 0.2) is 17.2 Å². The number of nitrogens with zero attached hydrogens (tertiary/aromatic N) is 2. The molecule has 0 aliphatic rings. The maximum atomic E-state index is 12.4. The average Bonchev–Trinajstić information content (AvgIpc) is 2.37. The van der Waals surface area contributed by atoms with E-state index in [1.807, 2.05) is 27.7 Å². The maximum Gasteiger partial charge on any atom is 0.293 e. The number of anilines is 1. The molecule has 19 heavy (non-hydrogen) atoms. The first-order valence-corrected chi connectivity index (χ1v) is 7.35. The summed E-state index contributed by atoms with van der Waals surface area (Å²) in [6.45, 7) is 7.88. The Bertz CT molecular complexity index is 467. The fourth-order valence-corrected chi connectivity index (χ4v) is 2.45. The highest BCUT2D eigenvalue weighted by atomic mass is 35.5. The molecule has 0 spiro atoms. The Balaban J connectivity index is 3.20. The zero-order chi connectivity index (χ0) is 14.7. The van der Waals surface area contributed by atoms with Gasteiger partial charge >= 0.3 is 0 Å². The zero-order valence-corrected chi connectivity index (χ0v) is 13.3. The SMILES string of the molecule is CCC(CCl)(CCl)Nc1nccn(C(C)(C)C)c1=O. The summed E-state index contributed by atoms with van der Waals surface area (Å²) in [6, 6.07) is 0. The Morgan fingerprint density at radius 2 is 1.89 bits per heavy atom. The van der Waals surface area contributed by atoms with Gasteiger partial charge in [-0.15, -0.1) is 23.2 Å². The van der Waals surface area contributed by atoms with Gasteiger partial charge in [0.2, 0.25) is 0 Å². The highest BCUT2D eigenvalue weighted by Gasteiger charge is 2.28. The van der Waals surface area contributed by atoms with Crippen molar-refractivity contribution in [3.8, 4) is 0 Å². The molecule has 0 saturated heterocycles. The third-order valence-corrected chi connectivity index (χ3v) is 4.16. The average molecular weight is 306 g/mol. The van der Waals surface area contributed by atoms with Crippen LogP contribution in [0.3, 0.4) is 0 Å². The van der Waals surface area contributed by atoms with E-state index >= 15 is 0 Å². The molecule has 108 valence electrons. The Labute approximate surface area is 124 Å². The van der Waals surface area contributed by atoms with E-state index in [1.165, 1.54) is 0 Å². The first-order valence-electron chi connectivity index (χ1n) is 6.28. The number of hydrogen-bond acceptors (Lipinski definition) is 3. The van der Waals surface area contributed by atoms with E-state index in [-0.39, 0.29) is 11.1 Å². The quantitative estimate of drug-likeness (QED) is 0.851. The molecule has 0 aromatic carbocycles. The largest absolute Gasteiger partial charge is 0.358 e. The standard InChI is InChI=1S/C13H21Cl2N3O/c1-5-13(8-14,9-15)17-10-11(19)18(7-6-16-10)12(2,3)4/h6-7H,5,8-9H2,1-4H3,(H,16,17). The minimum Gasteiger partial charge on any atom is -0.358 e. The van der Waals surface area contributed by atoms with E-state index in [9.17, 15) is 4.79 Å². The third-order valence-electron chi connectivity index (χ3n) is 3.14. The molecule has 1 N–H and O–H groups in total. The molecule has 0 aliphatic carbocycles. The number of alkyl halides is 2. The van der Waals surface area contributed by atoms with Gasteiger partial charge in [-0.05, 0) is 27.2 Å². The molecule has 4 nitrogen and oxygen atoms in total. The van der Waals surface area contributed by atoms with Gasteiger partial charge in [0.15, 0.2) is 5.82 Å². The molecular formula is C13H21Cl2N3O. The lowest BCUT2D eigenvalue weighted by Gasteiger charge is -2.30. The number of nitrogens with one attached hydrogen (secondary N) is 1. The molecule has 1 aromatic rings. The van der Waals surface area contributed by atoms with Crippen molar-refractivity contribution < 1.29 is 0 Å². The Morgan fingerprint density at radius 3 is 2.32 bits per heavy atom. The Hall–Kier alpha value is -0.740. The van der Waals surface area contributed by atoms with Crippen LogP contribution in [0, 0.1) is 0 Å². The molecule has 0 saturated carbocycles. The fourth-order valence-electron chi connectivity index (χ4n) is 1.66. The van der Waals surface area contributed by atoms with E-state index in [2.05, 4.69) is 10.3 Å².